The summed E-state index contributed by atoms with van der Waals surface area (Å²) in [5, 5.41) is 0. The van der Waals surface area contributed by atoms with E-state index in [4.69, 9.17) is 4.42 Å². The van der Waals surface area contributed by atoms with Gasteiger partial charge in [0.05, 0.1) is 13.4 Å². The summed E-state index contributed by atoms with van der Waals surface area (Å²) in [6.45, 7) is 5.01. The number of carbonyl (C=O) groups is 2. The molecule has 0 aromatic carbocycles. The van der Waals surface area contributed by atoms with Crippen LogP contribution in [0.5, 0.6) is 0 Å². The molecule has 0 fully saturated rings. The molecule has 0 aliphatic carbocycles. The van der Waals surface area contributed by atoms with Gasteiger partial charge in [-0.05, 0) is 6.42 Å². The number of hydrogen-bond donors (Lipinski definition) is 0. The van der Waals surface area contributed by atoms with Crippen molar-refractivity contribution in [2.75, 3.05) is 7.11 Å². The van der Waals surface area contributed by atoms with Gasteiger partial charge in [-0.15, -0.1) is 0 Å². The van der Waals surface area contributed by atoms with Gasteiger partial charge in [-0.25, -0.2) is 0 Å². The van der Waals surface area contributed by atoms with Gasteiger partial charge >= 0.3 is 5.97 Å². The van der Waals surface area contributed by atoms with Crippen molar-refractivity contribution in [3.63, 3.8) is 0 Å². The van der Waals surface area contributed by atoms with Crippen LogP contribution in [-0.4, -0.2) is 18.9 Å². The van der Waals surface area contributed by atoms with Crippen molar-refractivity contribution in [1.29, 1.82) is 0 Å². The maximum Gasteiger partial charge on any atom is 0.305 e. The van der Waals surface area contributed by atoms with E-state index in [1.165, 1.54) is 20.3 Å². The highest BCUT2D eigenvalue weighted by Gasteiger charge is 2.16. The highest BCUT2D eigenvalue weighted by molar-refractivity contribution is 5.94. The number of methoxy groups -OCH3 is 1. The fourth-order valence-electron chi connectivity index (χ4n) is 1.59. The Bertz CT molecular complexity index is 480. The molecular weight excluding hydrogens is 232 g/mol. The molecule has 1 heterocycles. The van der Waals surface area contributed by atoms with E-state index in [0.717, 1.165) is 11.1 Å². The number of Topliss-reactive ketones (excluding diaryl/α,β-unsaturated/α-hetero) is 1. The number of ketones is 1. The molecule has 0 aliphatic rings. The summed E-state index contributed by atoms with van der Waals surface area (Å²) in [6, 6.07) is 0. The van der Waals surface area contributed by atoms with Crippen molar-refractivity contribution < 1.29 is 18.7 Å². The minimum absolute atomic E-state index is 0.159. The fourth-order valence-corrected chi connectivity index (χ4v) is 1.59. The monoisotopic (exact) mass is 248 g/mol. The summed E-state index contributed by atoms with van der Waals surface area (Å²) in [6.07, 6.45) is 7.29. The first-order chi connectivity index (χ1) is 8.60. The van der Waals surface area contributed by atoms with Gasteiger partial charge in [-0.2, -0.15) is 0 Å². The number of esters is 1. The molecular formula is C14H16O4. The molecule has 0 saturated heterocycles. The number of ether oxygens (including phenoxy) is 1. The van der Waals surface area contributed by atoms with Crippen LogP contribution in [0.2, 0.25) is 0 Å². The van der Waals surface area contributed by atoms with Crippen LogP contribution >= 0.6 is 0 Å². The summed E-state index contributed by atoms with van der Waals surface area (Å²) < 4.78 is 9.81. The predicted molar refractivity (Wildman–Crippen MR) is 68.3 cm³/mol. The molecule has 1 aromatic heterocycles. The normalized spacial score (nSPS) is 10.6. The molecule has 0 radical (unpaired) electrons. The zero-order chi connectivity index (χ0) is 13.5. The average Bonchev–Trinajstić information content (AvgIpc) is 2.76. The first-order valence-electron chi connectivity index (χ1n) is 5.57. The number of allylic oxidation sites excluding steroid dienone is 2. The number of hydrogen-bond acceptors (Lipinski definition) is 4. The molecule has 0 aliphatic heterocycles. The van der Waals surface area contributed by atoms with E-state index in [9.17, 15) is 9.59 Å². The molecule has 4 heteroatoms. The van der Waals surface area contributed by atoms with Gasteiger partial charge in [0.15, 0.2) is 11.5 Å². The molecule has 1 aromatic rings. The van der Waals surface area contributed by atoms with E-state index in [2.05, 4.69) is 11.3 Å². The SMILES string of the molecule is C=CC=Cc1coc(C(C)=O)c1CCC(=O)OC. The highest BCUT2D eigenvalue weighted by atomic mass is 16.5. The van der Waals surface area contributed by atoms with Crippen LogP contribution in [0.15, 0.2) is 29.4 Å². The number of furan rings is 1. The predicted octanol–water partition coefficient (Wildman–Crippen LogP) is 2.79. The number of rotatable bonds is 6. The zero-order valence-electron chi connectivity index (χ0n) is 10.6. The second kappa shape index (κ2) is 6.59. The van der Waals surface area contributed by atoms with Gasteiger partial charge in [0.2, 0.25) is 0 Å². The van der Waals surface area contributed by atoms with Crippen LogP contribution in [0.4, 0.5) is 0 Å². The van der Waals surface area contributed by atoms with Gasteiger partial charge in [-0.1, -0.05) is 24.8 Å². The first kappa shape index (κ1) is 14.0. The molecule has 1 rings (SSSR count). The summed E-state index contributed by atoms with van der Waals surface area (Å²) in [4.78, 5) is 22.6. The Kier molecular flexibility index (Phi) is 5.11. The van der Waals surface area contributed by atoms with Gasteiger partial charge in [0, 0.05) is 24.5 Å². The highest BCUT2D eigenvalue weighted by Crippen LogP contribution is 2.21. The second-order valence-corrected chi connectivity index (χ2v) is 3.73. The molecule has 18 heavy (non-hydrogen) atoms. The van der Waals surface area contributed by atoms with Crippen LogP contribution < -0.4 is 0 Å². The number of carbonyl (C=O) groups excluding carboxylic acids is 2. The Morgan fingerprint density at radius 2 is 2.22 bits per heavy atom. The van der Waals surface area contributed by atoms with E-state index in [1.54, 1.807) is 18.2 Å². The Hall–Kier alpha value is -2.10. The molecule has 0 saturated carbocycles. The largest absolute Gasteiger partial charge is 0.469 e. The molecule has 0 unspecified atom stereocenters. The lowest BCUT2D eigenvalue weighted by atomic mass is 10.0. The third-order valence-electron chi connectivity index (χ3n) is 2.46. The quantitative estimate of drug-likeness (QED) is 0.441. The van der Waals surface area contributed by atoms with E-state index < -0.39 is 0 Å². The molecule has 0 bridgehead atoms. The lowest BCUT2D eigenvalue weighted by Gasteiger charge is -2.01. The first-order valence-corrected chi connectivity index (χ1v) is 5.57. The Morgan fingerprint density at radius 3 is 2.78 bits per heavy atom. The third-order valence-corrected chi connectivity index (χ3v) is 2.46. The van der Waals surface area contributed by atoms with Crippen molar-refractivity contribution in [2.24, 2.45) is 0 Å². The molecule has 4 nitrogen and oxygen atoms in total. The van der Waals surface area contributed by atoms with Crippen LogP contribution in [0.25, 0.3) is 6.08 Å². The van der Waals surface area contributed by atoms with E-state index in [1.807, 2.05) is 0 Å². The van der Waals surface area contributed by atoms with Crippen LogP contribution in [0.3, 0.4) is 0 Å². The van der Waals surface area contributed by atoms with Crippen LogP contribution in [0, 0.1) is 0 Å². The minimum atomic E-state index is -0.315. The Balaban J connectivity index is 2.99. The molecule has 0 atom stereocenters. The standard InChI is InChI=1S/C14H16O4/c1-4-5-6-11-9-18-14(10(2)15)12(11)7-8-13(16)17-3/h4-6,9H,1,7-8H2,2-3H3. The summed E-state index contributed by atoms with van der Waals surface area (Å²) >= 11 is 0. The van der Waals surface area contributed by atoms with Crippen LogP contribution in [-0.2, 0) is 16.0 Å². The van der Waals surface area contributed by atoms with Gasteiger partial charge in [0.1, 0.15) is 0 Å². The summed E-state index contributed by atoms with van der Waals surface area (Å²) in [5.41, 5.74) is 1.51. The average molecular weight is 248 g/mol. The molecule has 0 N–H and O–H groups in total. The van der Waals surface area contributed by atoms with Crippen molar-refractivity contribution in [1.82, 2.24) is 0 Å². The van der Waals surface area contributed by atoms with Crippen molar-refractivity contribution in [3.8, 4) is 0 Å². The Morgan fingerprint density at radius 1 is 1.50 bits per heavy atom. The van der Waals surface area contributed by atoms with Gasteiger partial charge < -0.3 is 9.15 Å². The molecule has 96 valence electrons. The lowest BCUT2D eigenvalue weighted by Crippen LogP contribution is -2.04. The van der Waals surface area contributed by atoms with E-state index in [-0.39, 0.29) is 18.2 Å². The smallest absolute Gasteiger partial charge is 0.305 e. The third kappa shape index (κ3) is 3.45. The molecule has 0 spiro atoms. The molecule has 0 amide bonds. The van der Waals surface area contributed by atoms with Crippen molar-refractivity contribution in [2.45, 2.75) is 19.8 Å². The van der Waals surface area contributed by atoms with Crippen molar-refractivity contribution in [3.05, 3.63) is 41.9 Å². The van der Waals surface area contributed by atoms with Crippen LogP contribution in [0.1, 0.15) is 35.0 Å². The summed E-state index contributed by atoms with van der Waals surface area (Å²) in [7, 11) is 1.34. The van der Waals surface area contributed by atoms with E-state index in [0.29, 0.717) is 12.2 Å². The zero-order valence-corrected chi connectivity index (χ0v) is 10.6. The maximum absolute atomic E-state index is 11.4. The van der Waals surface area contributed by atoms with E-state index >= 15 is 0 Å². The second-order valence-electron chi connectivity index (χ2n) is 3.73. The van der Waals surface area contributed by atoms with Crippen molar-refractivity contribution >= 4 is 17.8 Å². The minimum Gasteiger partial charge on any atom is -0.469 e. The lowest BCUT2D eigenvalue weighted by molar-refractivity contribution is -0.140. The van der Waals surface area contributed by atoms with Gasteiger partial charge in [0.25, 0.3) is 0 Å². The topological polar surface area (TPSA) is 56.5 Å². The Labute approximate surface area is 106 Å². The van der Waals surface area contributed by atoms with Gasteiger partial charge in [-0.3, -0.25) is 9.59 Å². The summed E-state index contributed by atoms with van der Waals surface area (Å²) in [5.74, 6) is -0.180. The maximum atomic E-state index is 11.4. The fraction of sp³-hybridized carbons (Fsp3) is 0.286.